The van der Waals surface area contributed by atoms with Crippen molar-refractivity contribution >= 4 is 5.69 Å². The molecule has 0 aromatic carbocycles. The zero-order chi connectivity index (χ0) is 13.8. The summed E-state index contributed by atoms with van der Waals surface area (Å²) >= 11 is 0. The predicted molar refractivity (Wildman–Crippen MR) is 74.1 cm³/mol. The third-order valence-corrected chi connectivity index (χ3v) is 3.68. The Balaban J connectivity index is 2.32. The standard InChI is InChI=1S/C14H23N3O2/c1-10(2)14-15-7-13(12(9-19)16-14)17-6-4-3-5-11(17)8-18/h7,10-11,18-19H,3-6,8-9H2,1-2H3. The maximum Gasteiger partial charge on any atom is 0.131 e. The monoisotopic (exact) mass is 265 g/mol. The van der Waals surface area contributed by atoms with Gasteiger partial charge in [-0.3, -0.25) is 0 Å². The highest BCUT2D eigenvalue weighted by Crippen LogP contribution is 2.27. The van der Waals surface area contributed by atoms with E-state index >= 15 is 0 Å². The molecule has 0 bridgehead atoms. The van der Waals surface area contributed by atoms with E-state index in [1.54, 1.807) is 6.20 Å². The Bertz CT molecular complexity index is 423. The Morgan fingerprint density at radius 3 is 2.79 bits per heavy atom. The zero-order valence-electron chi connectivity index (χ0n) is 11.7. The fourth-order valence-electron chi connectivity index (χ4n) is 2.57. The number of hydrogen-bond donors (Lipinski definition) is 2. The SMILES string of the molecule is CC(C)c1ncc(N2CCCCC2CO)c(CO)n1. The molecule has 106 valence electrons. The maximum atomic E-state index is 9.53. The van der Waals surface area contributed by atoms with Gasteiger partial charge in [-0.15, -0.1) is 0 Å². The molecule has 1 aliphatic heterocycles. The minimum absolute atomic E-state index is 0.0910. The van der Waals surface area contributed by atoms with E-state index in [-0.39, 0.29) is 25.2 Å². The van der Waals surface area contributed by atoms with Gasteiger partial charge in [-0.25, -0.2) is 9.97 Å². The van der Waals surface area contributed by atoms with E-state index < -0.39 is 0 Å². The highest BCUT2D eigenvalue weighted by atomic mass is 16.3. The molecule has 1 atom stereocenters. The van der Waals surface area contributed by atoms with Gasteiger partial charge in [0, 0.05) is 12.5 Å². The fourth-order valence-corrected chi connectivity index (χ4v) is 2.57. The van der Waals surface area contributed by atoms with Crippen LogP contribution in [0.4, 0.5) is 5.69 Å². The molecule has 1 unspecified atom stereocenters. The summed E-state index contributed by atoms with van der Waals surface area (Å²) in [6, 6.07) is 0.118. The lowest BCUT2D eigenvalue weighted by Crippen LogP contribution is -2.42. The lowest BCUT2D eigenvalue weighted by molar-refractivity contribution is 0.238. The smallest absolute Gasteiger partial charge is 0.131 e. The van der Waals surface area contributed by atoms with Crippen molar-refractivity contribution in [1.29, 1.82) is 0 Å². The fraction of sp³-hybridized carbons (Fsp3) is 0.714. The summed E-state index contributed by atoms with van der Waals surface area (Å²) in [4.78, 5) is 11.0. The van der Waals surface area contributed by atoms with E-state index in [2.05, 4.69) is 14.9 Å². The molecule has 0 radical (unpaired) electrons. The number of piperidine rings is 1. The van der Waals surface area contributed by atoms with Crippen LogP contribution in [0.25, 0.3) is 0 Å². The molecule has 0 saturated carbocycles. The van der Waals surface area contributed by atoms with Crippen LogP contribution in [-0.2, 0) is 6.61 Å². The van der Waals surface area contributed by atoms with Crippen LogP contribution in [0.5, 0.6) is 0 Å². The number of hydrogen-bond acceptors (Lipinski definition) is 5. The summed E-state index contributed by atoms with van der Waals surface area (Å²) in [5.74, 6) is 1.000. The van der Waals surface area contributed by atoms with Crippen LogP contribution in [0.15, 0.2) is 6.20 Å². The van der Waals surface area contributed by atoms with Crippen LogP contribution < -0.4 is 4.90 Å². The van der Waals surface area contributed by atoms with Crippen molar-refractivity contribution in [3.8, 4) is 0 Å². The largest absolute Gasteiger partial charge is 0.394 e. The summed E-state index contributed by atoms with van der Waals surface area (Å²) in [6.45, 7) is 5.01. The number of nitrogens with zero attached hydrogens (tertiary/aromatic N) is 3. The normalized spacial score (nSPS) is 20.1. The molecule has 1 aromatic rings. The van der Waals surface area contributed by atoms with Crippen LogP contribution in [0, 0.1) is 0 Å². The Hall–Kier alpha value is -1.20. The molecule has 0 aliphatic carbocycles. The molecular weight excluding hydrogens is 242 g/mol. The van der Waals surface area contributed by atoms with Crippen molar-refractivity contribution in [2.75, 3.05) is 18.1 Å². The van der Waals surface area contributed by atoms with Crippen LogP contribution in [0.1, 0.15) is 50.5 Å². The Morgan fingerprint density at radius 2 is 2.16 bits per heavy atom. The van der Waals surface area contributed by atoms with Gasteiger partial charge >= 0.3 is 0 Å². The van der Waals surface area contributed by atoms with Crippen LogP contribution in [0.3, 0.4) is 0 Å². The average Bonchev–Trinajstić information content (AvgIpc) is 2.46. The lowest BCUT2D eigenvalue weighted by atomic mass is 10.0. The first kappa shape index (κ1) is 14.2. The number of aliphatic hydroxyl groups excluding tert-OH is 2. The topological polar surface area (TPSA) is 69.5 Å². The molecule has 1 saturated heterocycles. The first-order valence-electron chi connectivity index (χ1n) is 7.01. The summed E-state index contributed by atoms with van der Waals surface area (Å²) < 4.78 is 0. The van der Waals surface area contributed by atoms with Gasteiger partial charge in [-0.2, -0.15) is 0 Å². The number of aliphatic hydroxyl groups is 2. The molecule has 0 spiro atoms. The van der Waals surface area contributed by atoms with Crippen molar-refractivity contribution in [2.24, 2.45) is 0 Å². The lowest BCUT2D eigenvalue weighted by Gasteiger charge is -2.37. The van der Waals surface area contributed by atoms with E-state index in [1.807, 2.05) is 13.8 Å². The molecule has 19 heavy (non-hydrogen) atoms. The molecule has 0 amide bonds. The first-order chi connectivity index (χ1) is 9.17. The van der Waals surface area contributed by atoms with Gasteiger partial charge in [-0.1, -0.05) is 13.8 Å². The number of aromatic nitrogens is 2. The molecule has 2 rings (SSSR count). The van der Waals surface area contributed by atoms with E-state index in [0.29, 0.717) is 5.69 Å². The van der Waals surface area contributed by atoms with Gasteiger partial charge in [0.05, 0.1) is 36.8 Å². The Labute approximate surface area is 114 Å². The van der Waals surface area contributed by atoms with Crippen molar-refractivity contribution in [3.05, 3.63) is 17.7 Å². The minimum Gasteiger partial charge on any atom is -0.394 e. The second-order valence-corrected chi connectivity index (χ2v) is 5.40. The highest BCUT2D eigenvalue weighted by Gasteiger charge is 2.24. The quantitative estimate of drug-likeness (QED) is 0.862. The molecule has 5 heteroatoms. The third-order valence-electron chi connectivity index (χ3n) is 3.68. The van der Waals surface area contributed by atoms with Crippen molar-refractivity contribution in [2.45, 2.75) is 51.7 Å². The summed E-state index contributed by atoms with van der Waals surface area (Å²) in [5, 5.41) is 19.0. The van der Waals surface area contributed by atoms with Crippen LogP contribution in [0.2, 0.25) is 0 Å². The molecule has 5 nitrogen and oxygen atoms in total. The maximum absolute atomic E-state index is 9.53. The van der Waals surface area contributed by atoms with Gasteiger partial charge < -0.3 is 15.1 Å². The van der Waals surface area contributed by atoms with Gasteiger partial charge in [0.25, 0.3) is 0 Å². The van der Waals surface area contributed by atoms with Gasteiger partial charge in [-0.05, 0) is 19.3 Å². The van der Waals surface area contributed by atoms with Crippen molar-refractivity contribution < 1.29 is 10.2 Å². The summed E-state index contributed by atoms with van der Waals surface area (Å²) in [7, 11) is 0. The third kappa shape index (κ3) is 3.04. The molecule has 2 N–H and O–H groups in total. The molecular formula is C14H23N3O2. The average molecular weight is 265 g/mol. The summed E-state index contributed by atoms with van der Waals surface area (Å²) in [5.41, 5.74) is 1.53. The van der Waals surface area contributed by atoms with Gasteiger partial charge in [0.15, 0.2) is 0 Å². The Morgan fingerprint density at radius 1 is 1.37 bits per heavy atom. The van der Waals surface area contributed by atoms with Crippen molar-refractivity contribution in [1.82, 2.24) is 9.97 Å². The van der Waals surface area contributed by atoms with Gasteiger partial charge in [0.2, 0.25) is 0 Å². The number of anilines is 1. The second-order valence-electron chi connectivity index (χ2n) is 5.40. The summed E-state index contributed by atoms with van der Waals surface area (Å²) in [6.07, 6.45) is 5.02. The van der Waals surface area contributed by atoms with E-state index in [4.69, 9.17) is 0 Å². The molecule has 1 fully saturated rings. The van der Waals surface area contributed by atoms with E-state index in [0.717, 1.165) is 37.3 Å². The van der Waals surface area contributed by atoms with E-state index in [9.17, 15) is 10.2 Å². The van der Waals surface area contributed by atoms with Crippen LogP contribution in [-0.4, -0.2) is 39.4 Å². The van der Waals surface area contributed by atoms with Crippen molar-refractivity contribution in [3.63, 3.8) is 0 Å². The molecule has 1 aliphatic rings. The highest BCUT2D eigenvalue weighted by molar-refractivity contribution is 5.50. The van der Waals surface area contributed by atoms with Gasteiger partial charge in [0.1, 0.15) is 5.82 Å². The number of rotatable bonds is 4. The first-order valence-corrected chi connectivity index (χ1v) is 7.01. The predicted octanol–water partition coefficient (Wildman–Crippen LogP) is 1.44. The van der Waals surface area contributed by atoms with Crippen LogP contribution >= 0.6 is 0 Å². The second kappa shape index (κ2) is 6.30. The minimum atomic E-state index is -0.0910. The van der Waals surface area contributed by atoms with E-state index in [1.165, 1.54) is 0 Å². The Kier molecular flexibility index (Phi) is 4.71. The zero-order valence-corrected chi connectivity index (χ0v) is 11.7. The molecule has 2 heterocycles. The molecule has 1 aromatic heterocycles.